The third kappa shape index (κ3) is 7.67. The molecule has 0 amide bonds. The molecule has 0 aromatic heterocycles. The minimum atomic E-state index is -3.88. The number of hydrogen-bond acceptors (Lipinski definition) is 7. The molecular weight excluding hydrogens is 518 g/mol. The van der Waals surface area contributed by atoms with Crippen molar-refractivity contribution in [3.8, 4) is 5.75 Å². The molecule has 0 bridgehead atoms. The lowest BCUT2D eigenvalue weighted by Gasteiger charge is -2.30. The summed E-state index contributed by atoms with van der Waals surface area (Å²) in [6.07, 6.45) is 0.684. The van der Waals surface area contributed by atoms with Crippen LogP contribution in [0.15, 0.2) is 59.5 Å². The summed E-state index contributed by atoms with van der Waals surface area (Å²) >= 11 is 0. The van der Waals surface area contributed by atoms with Crippen molar-refractivity contribution in [3.63, 3.8) is 0 Å². The minimum absolute atomic E-state index is 0.0448. The van der Waals surface area contributed by atoms with Crippen molar-refractivity contribution in [1.82, 2.24) is 4.31 Å². The van der Waals surface area contributed by atoms with E-state index < -0.39 is 22.0 Å². The number of ketones is 1. The summed E-state index contributed by atoms with van der Waals surface area (Å²) in [5.41, 5.74) is 0.997. The average Bonchev–Trinajstić information content (AvgIpc) is 3.53. The van der Waals surface area contributed by atoms with Crippen molar-refractivity contribution in [3.05, 3.63) is 60.2 Å². The van der Waals surface area contributed by atoms with Gasteiger partial charge in [-0.25, -0.2) is 8.42 Å². The fourth-order valence-corrected chi connectivity index (χ4v) is 7.25. The molecule has 2 aliphatic rings. The molecule has 2 saturated heterocycles. The Morgan fingerprint density at radius 3 is 2.46 bits per heavy atom. The number of Topliss-reactive ketones (excluding diaryl/α,β-unsaturated/α-hetero) is 1. The number of benzene rings is 2. The zero-order valence-corrected chi connectivity index (χ0v) is 23.9. The van der Waals surface area contributed by atoms with Crippen LogP contribution < -0.4 is 4.74 Å². The fraction of sp³-hybridized carbons (Fsp3) is 0.567. The maximum atomic E-state index is 13.6. The molecule has 9 heteroatoms. The van der Waals surface area contributed by atoms with Gasteiger partial charge in [-0.15, -0.1) is 0 Å². The van der Waals surface area contributed by atoms with Gasteiger partial charge in [0.2, 0.25) is 10.0 Å². The van der Waals surface area contributed by atoms with Crippen LogP contribution in [0.3, 0.4) is 0 Å². The van der Waals surface area contributed by atoms with E-state index >= 15 is 0 Å². The third-order valence-corrected chi connectivity index (χ3v) is 9.53. The van der Waals surface area contributed by atoms with Gasteiger partial charge < -0.3 is 19.3 Å². The summed E-state index contributed by atoms with van der Waals surface area (Å²) in [4.78, 5) is 13.4. The van der Waals surface area contributed by atoms with E-state index in [1.54, 1.807) is 12.1 Å². The first-order valence-corrected chi connectivity index (χ1v) is 15.2. The number of aliphatic hydroxyl groups is 1. The van der Waals surface area contributed by atoms with E-state index in [4.69, 9.17) is 14.2 Å². The molecule has 2 aromatic rings. The Hall–Kier alpha value is -2.30. The van der Waals surface area contributed by atoms with Gasteiger partial charge in [0.25, 0.3) is 0 Å². The lowest BCUT2D eigenvalue weighted by atomic mass is 9.84. The molecule has 2 aliphatic heterocycles. The summed E-state index contributed by atoms with van der Waals surface area (Å²) in [6, 6.07) is 16.0. The summed E-state index contributed by atoms with van der Waals surface area (Å²) in [6.45, 7) is 5.20. The standard InChI is InChI=1S/C30H41NO7S/c1-21(2)18-31(39(34,35)27-11-9-26(36-3)10-12-27)19-29(33)23(15-22-7-5-4-6-8-22)16-25(32)17-24-20-38-30-28(24)13-14-37-30/h4-12,21,23-24,28-30,33H,13-20H2,1-3H3/t23-,24+,28+,29-,30-/m1/s1. The molecule has 214 valence electrons. The number of aliphatic hydroxyl groups excluding tert-OH is 1. The molecule has 1 N–H and O–H groups in total. The van der Waals surface area contributed by atoms with E-state index in [0.29, 0.717) is 31.8 Å². The lowest BCUT2D eigenvalue weighted by Crippen LogP contribution is -2.43. The number of hydrogen-bond donors (Lipinski definition) is 1. The van der Waals surface area contributed by atoms with Crippen LogP contribution in [-0.2, 0) is 30.7 Å². The predicted molar refractivity (Wildman–Crippen MR) is 148 cm³/mol. The molecule has 0 spiro atoms. The number of ether oxygens (including phenoxy) is 3. The smallest absolute Gasteiger partial charge is 0.243 e. The maximum absolute atomic E-state index is 13.6. The van der Waals surface area contributed by atoms with E-state index in [-0.39, 0.29) is 54.2 Å². The highest BCUT2D eigenvalue weighted by Crippen LogP contribution is 2.38. The van der Waals surface area contributed by atoms with Gasteiger partial charge in [0, 0.05) is 31.8 Å². The number of fused-ring (bicyclic) bond motifs is 1. The molecule has 0 saturated carbocycles. The Balaban J connectivity index is 1.51. The summed E-state index contributed by atoms with van der Waals surface area (Å²) in [7, 11) is -2.35. The molecule has 2 heterocycles. The molecule has 39 heavy (non-hydrogen) atoms. The van der Waals surface area contributed by atoms with Crippen LogP contribution in [0.1, 0.15) is 38.7 Å². The molecule has 5 atom stereocenters. The van der Waals surface area contributed by atoms with Crippen LogP contribution >= 0.6 is 0 Å². The Bertz CT molecular complexity index is 1170. The quantitative estimate of drug-likeness (QED) is 0.374. The number of sulfonamides is 1. The van der Waals surface area contributed by atoms with Gasteiger partial charge in [-0.2, -0.15) is 4.31 Å². The molecule has 0 unspecified atom stereocenters. The Morgan fingerprint density at radius 1 is 1.08 bits per heavy atom. The van der Waals surface area contributed by atoms with Gasteiger partial charge in [0.1, 0.15) is 11.5 Å². The third-order valence-electron chi connectivity index (χ3n) is 7.68. The highest BCUT2D eigenvalue weighted by Gasteiger charge is 2.42. The molecule has 0 aliphatic carbocycles. The minimum Gasteiger partial charge on any atom is -0.497 e. The highest BCUT2D eigenvalue weighted by atomic mass is 32.2. The van der Waals surface area contributed by atoms with Gasteiger partial charge in [-0.05, 0) is 60.4 Å². The van der Waals surface area contributed by atoms with Crippen LogP contribution in [0, 0.1) is 23.7 Å². The Morgan fingerprint density at radius 2 is 1.79 bits per heavy atom. The second kappa shape index (κ2) is 13.4. The number of carbonyl (C=O) groups excluding carboxylic acids is 1. The second-order valence-corrected chi connectivity index (χ2v) is 13.1. The summed E-state index contributed by atoms with van der Waals surface area (Å²) < 4.78 is 45.1. The maximum Gasteiger partial charge on any atom is 0.243 e. The van der Waals surface area contributed by atoms with E-state index in [9.17, 15) is 18.3 Å². The van der Waals surface area contributed by atoms with Crippen molar-refractivity contribution < 1.29 is 32.5 Å². The molecule has 2 aromatic carbocycles. The topological polar surface area (TPSA) is 102 Å². The second-order valence-electron chi connectivity index (χ2n) is 11.1. The first-order chi connectivity index (χ1) is 18.7. The fourth-order valence-electron chi connectivity index (χ4n) is 5.62. The molecule has 2 fully saturated rings. The number of methoxy groups -OCH3 is 1. The van der Waals surface area contributed by atoms with Gasteiger partial charge in [-0.3, -0.25) is 4.79 Å². The van der Waals surface area contributed by atoms with Crippen LogP contribution in [0.25, 0.3) is 0 Å². The van der Waals surface area contributed by atoms with Crippen molar-refractivity contribution in [2.45, 2.75) is 56.8 Å². The highest BCUT2D eigenvalue weighted by molar-refractivity contribution is 7.89. The van der Waals surface area contributed by atoms with Crippen LogP contribution in [0.2, 0.25) is 0 Å². The van der Waals surface area contributed by atoms with Crippen LogP contribution in [0.5, 0.6) is 5.75 Å². The summed E-state index contributed by atoms with van der Waals surface area (Å²) in [5, 5.41) is 11.5. The zero-order valence-electron chi connectivity index (χ0n) is 23.1. The van der Waals surface area contributed by atoms with Crippen molar-refractivity contribution in [2.75, 3.05) is 33.4 Å². The van der Waals surface area contributed by atoms with Gasteiger partial charge >= 0.3 is 0 Å². The Labute approximate surface area is 232 Å². The normalized spacial score (nSPS) is 22.7. The van der Waals surface area contributed by atoms with Crippen molar-refractivity contribution in [1.29, 1.82) is 0 Å². The molecular formula is C30H41NO7S. The van der Waals surface area contributed by atoms with Gasteiger partial charge in [0.05, 0.1) is 31.3 Å². The van der Waals surface area contributed by atoms with Crippen molar-refractivity contribution in [2.24, 2.45) is 23.7 Å². The number of nitrogens with zero attached hydrogens (tertiary/aromatic N) is 1. The number of carbonyl (C=O) groups is 1. The average molecular weight is 560 g/mol. The SMILES string of the molecule is COc1ccc(S(=O)(=O)N(CC(C)C)C[C@@H](O)[C@@H](CC(=O)C[C@H]2CO[C@H]3OCC[C@@H]23)Cc2ccccc2)cc1. The monoisotopic (exact) mass is 559 g/mol. The first kappa shape index (κ1) is 29.7. The summed E-state index contributed by atoms with van der Waals surface area (Å²) in [5.74, 6) is 0.593. The largest absolute Gasteiger partial charge is 0.497 e. The number of rotatable bonds is 14. The van der Waals surface area contributed by atoms with Gasteiger partial charge in [-0.1, -0.05) is 44.2 Å². The lowest BCUT2D eigenvalue weighted by molar-refractivity contribution is -0.122. The van der Waals surface area contributed by atoms with E-state index in [1.165, 1.54) is 23.5 Å². The van der Waals surface area contributed by atoms with E-state index in [0.717, 1.165) is 12.0 Å². The molecule has 4 rings (SSSR count). The zero-order chi connectivity index (χ0) is 28.0. The van der Waals surface area contributed by atoms with Crippen molar-refractivity contribution >= 4 is 15.8 Å². The predicted octanol–water partition coefficient (Wildman–Crippen LogP) is 3.92. The Kier molecular flexibility index (Phi) is 10.2. The van der Waals surface area contributed by atoms with Crippen LogP contribution in [0.4, 0.5) is 0 Å². The first-order valence-electron chi connectivity index (χ1n) is 13.8. The van der Waals surface area contributed by atoms with E-state index in [2.05, 4.69) is 0 Å². The van der Waals surface area contributed by atoms with Crippen LogP contribution in [-0.4, -0.2) is 69.4 Å². The molecule has 0 radical (unpaired) electrons. The van der Waals surface area contributed by atoms with Gasteiger partial charge in [0.15, 0.2) is 6.29 Å². The molecule has 8 nitrogen and oxygen atoms in total. The van der Waals surface area contributed by atoms with E-state index in [1.807, 2.05) is 44.2 Å².